The maximum Gasteiger partial charge on any atom is 0.137 e. The van der Waals surface area contributed by atoms with Crippen molar-refractivity contribution in [1.82, 2.24) is 0 Å². The molecular weight excluding hydrogens is 368 g/mol. The minimum atomic E-state index is 0.0381. The molecule has 4 rings (SSSR count). The van der Waals surface area contributed by atoms with E-state index in [0.717, 1.165) is 33.0 Å². The van der Waals surface area contributed by atoms with E-state index in [1.807, 2.05) is 31.4 Å². The molecule has 24 heavy (non-hydrogen) atoms. The van der Waals surface area contributed by atoms with E-state index in [1.165, 1.54) is 16.5 Å². The molecule has 0 amide bonds. The molecule has 0 aliphatic heterocycles. The molecular formula is C20H19BrO3. The van der Waals surface area contributed by atoms with Gasteiger partial charge in [0.2, 0.25) is 0 Å². The molecule has 0 unspecified atom stereocenters. The zero-order valence-corrected chi connectivity index (χ0v) is 15.3. The Bertz CT molecular complexity index is 886. The lowest BCUT2D eigenvalue weighted by Gasteiger charge is -1.93. The van der Waals surface area contributed by atoms with Crippen LogP contribution in [0.2, 0.25) is 0 Å². The Morgan fingerprint density at radius 1 is 0.833 bits per heavy atom. The normalized spacial score (nSPS) is 10.8. The third-order valence-electron chi connectivity index (χ3n) is 4.07. The van der Waals surface area contributed by atoms with Crippen LogP contribution in [0.5, 0.6) is 0 Å². The highest BCUT2D eigenvalue weighted by atomic mass is 79.9. The molecule has 0 bridgehead atoms. The molecule has 2 aromatic carbocycles. The van der Waals surface area contributed by atoms with Crippen LogP contribution in [0.25, 0.3) is 21.9 Å². The maximum absolute atomic E-state index is 8.96. The van der Waals surface area contributed by atoms with E-state index >= 15 is 0 Å². The molecule has 0 spiro atoms. The zero-order valence-electron chi connectivity index (χ0n) is 13.7. The molecule has 0 aliphatic rings. The van der Waals surface area contributed by atoms with E-state index in [9.17, 15) is 0 Å². The SMILES string of the molecule is Cc1cccc2c(CBr)coc12.Cc1cccc2c(CO)coc12. The van der Waals surface area contributed by atoms with Crippen molar-refractivity contribution < 1.29 is 13.9 Å². The van der Waals surface area contributed by atoms with Crippen LogP contribution in [0.15, 0.2) is 57.8 Å². The smallest absolute Gasteiger partial charge is 0.137 e. The number of para-hydroxylation sites is 2. The fourth-order valence-electron chi connectivity index (χ4n) is 2.74. The zero-order chi connectivity index (χ0) is 17.1. The van der Waals surface area contributed by atoms with Gasteiger partial charge in [-0.3, -0.25) is 0 Å². The molecule has 4 aromatic rings. The minimum absolute atomic E-state index is 0.0381. The van der Waals surface area contributed by atoms with Crippen LogP contribution in [0.3, 0.4) is 0 Å². The summed E-state index contributed by atoms with van der Waals surface area (Å²) in [6.07, 6.45) is 3.42. The van der Waals surface area contributed by atoms with Gasteiger partial charge in [0.1, 0.15) is 11.2 Å². The average molecular weight is 387 g/mol. The van der Waals surface area contributed by atoms with Crippen molar-refractivity contribution in [2.75, 3.05) is 0 Å². The molecule has 0 saturated carbocycles. The number of aliphatic hydroxyl groups is 1. The van der Waals surface area contributed by atoms with Gasteiger partial charge >= 0.3 is 0 Å². The number of aliphatic hydroxyl groups excluding tert-OH is 1. The molecule has 2 heterocycles. The van der Waals surface area contributed by atoms with E-state index in [2.05, 4.69) is 41.1 Å². The summed E-state index contributed by atoms with van der Waals surface area (Å²) in [5.41, 5.74) is 6.25. The van der Waals surface area contributed by atoms with Gasteiger partial charge in [-0.05, 0) is 25.0 Å². The molecule has 2 aromatic heterocycles. The Labute approximate surface area is 149 Å². The minimum Gasteiger partial charge on any atom is -0.464 e. The first-order chi connectivity index (χ1) is 11.7. The molecule has 124 valence electrons. The predicted molar refractivity (Wildman–Crippen MR) is 100 cm³/mol. The standard InChI is InChI=1S/C10H9BrO.C10H10O2/c2*1-7-3-2-4-9-8(5-11)6-12-10(7)9/h2-4,6H,5H2,1H3;2-4,6,11H,5H2,1H3. The molecule has 1 N–H and O–H groups in total. The first-order valence-corrected chi connectivity index (χ1v) is 8.86. The van der Waals surface area contributed by atoms with Crippen LogP contribution < -0.4 is 0 Å². The van der Waals surface area contributed by atoms with Crippen molar-refractivity contribution in [1.29, 1.82) is 0 Å². The highest BCUT2D eigenvalue weighted by Gasteiger charge is 2.06. The molecule has 3 nitrogen and oxygen atoms in total. The number of benzene rings is 2. The van der Waals surface area contributed by atoms with E-state index in [4.69, 9.17) is 13.9 Å². The van der Waals surface area contributed by atoms with Crippen molar-refractivity contribution in [2.45, 2.75) is 25.8 Å². The number of furan rings is 2. The first-order valence-electron chi connectivity index (χ1n) is 7.74. The van der Waals surface area contributed by atoms with Gasteiger partial charge in [0, 0.05) is 27.2 Å². The van der Waals surface area contributed by atoms with Crippen LogP contribution in [-0.2, 0) is 11.9 Å². The molecule has 0 saturated heterocycles. The highest BCUT2D eigenvalue weighted by molar-refractivity contribution is 9.08. The summed E-state index contributed by atoms with van der Waals surface area (Å²) in [5.74, 6) is 0. The number of hydrogen-bond donors (Lipinski definition) is 1. The summed E-state index contributed by atoms with van der Waals surface area (Å²) >= 11 is 3.42. The van der Waals surface area contributed by atoms with Gasteiger partial charge in [-0.15, -0.1) is 0 Å². The highest BCUT2D eigenvalue weighted by Crippen LogP contribution is 2.25. The van der Waals surface area contributed by atoms with Crippen LogP contribution in [0.1, 0.15) is 22.3 Å². The maximum atomic E-state index is 8.96. The largest absolute Gasteiger partial charge is 0.464 e. The summed E-state index contributed by atoms with van der Waals surface area (Å²) in [5, 5.41) is 12.0. The van der Waals surface area contributed by atoms with Gasteiger partial charge in [0.15, 0.2) is 0 Å². The molecule has 0 radical (unpaired) electrons. The molecule has 0 fully saturated rings. The summed E-state index contributed by atoms with van der Waals surface area (Å²) < 4.78 is 10.8. The van der Waals surface area contributed by atoms with Gasteiger partial charge < -0.3 is 13.9 Å². The monoisotopic (exact) mass is 386 g/mol. The lowest BCUT2D eigenvalue weighted by Crippen LogP contribution is -1.78. The van der Waals surface area contributed by atoms with E-state index in [-0.39, 0.29) is 6.61 Å². The third kappa shape index (κ3) is 3.12. The first kappa shape index (κ1) is 16.8. The number of fused-ring (bicyclic) bond motifs is 2. The van der Waals surface area contributed by atoms with Gasteiger partial charge in [0.05, 0.1) is 19.1 Å². The molecule has 0 atom stereocenters. The van der Waals surface area contributed by atoms with Gasteiger partial charge in [-0.2, -0.15) is 0 Å². The predicted octanol–water partition coefficient (Wildman–Crippen LogP) is 5.87. The Kier molecular flexibility index (Phi) is 5.07. The van der Waals surface area contributed by atoms with Gasteiger partial charge in [-0.25, -0.2) is 0 Å². The molecule has 0 aliphatic carbocycles. The average Bonchev–Trinajstić information content (AvgIpc) is 3.20. The quantitative estimate of drug-likeness (QED) is 0.438. The Morgan fingerprint density at radius 3 is 1.83 bits per heavy atom. The number of hydrogen-bond acceptors (Lipinski definition) is 3. The summed E-state index contributed by atoms with van der Waals surface area (Å²) in [4.78, 5) is 0. The summed E-state index contributed by atoms with van der Waals surface area (Å²) in [6, 6.07) is 12.1. The van der Waals surface area contributed by atoms with Crippen LogP contribution in [0.4, 0.5) is 0 Å². The van der Waals surface area contributed by atoms with Crippen LogP contribution in [0, 0.1) is 13.8 Å². The Balaban J connectivity index is 0.000000141. The Hall–Kier alpha value is -2.04. The van der Waals surface area contributed by atoms with E-state index in [1.54, 1.807) is 6.26 Å². The lowest BCUT2D eigenvalue weighted by molar-refractivity contribution is 0.281. The van der Waals surface area contributed by atoms with Crippen LogP contribution >= 0.6 is 15.9 Å². The lowest BCUT2D eigenvalue weighted by atomic mass is 10.1. The van der Waals surface area contributed by atoms with Gasteiger partial charge in [-0.1, -0.05) is 52.3 Å². The van der Waals surface area contributed by atoms with E-state index in [0.29, 0.717) is 0 Å². The van der Waals surface area contributed by atoms with Crippen molar-refractivity contribution in [2.24, 2.45) is 0 Å². The summed E-state index contributed by atoms with van der Waals surface area (Å²) in [6.45, 7) is 4.09. The van der Waals surface area contributed by atoms with Crippen LogP contribution in [-0.4, -0.2) is 5.11 Å². The van der Waals surface area contributed by atoms with Crippen molar-refractivity contribution >= 4 is 37.9 Å². The number of rotatable bonds is 2. The number of halogens is 1. The second kappa shape index (κ2) is 7.24. The van der Waals surface area contributed by atoms with Crippen molar-refractivity contribution in [3.05, 3.63) is 71.2 Å². The second-order valence-electron chi connectivity index (χ2n) is 5.72. The fourth-order valence-corrected chi connectivity index (χ4v) is 3.17. The number of aryl methyl sites for hydroxylation is 2. The third-order valence-corrected chi connectivity index (χ3v) is 4.67. The molecule has 4 heteroatoms. The van der Waals surface area contributed by atoms with Gasteiger partial charge in [0.25, 0.3) is 0 Å². The number of alkyl halides is 1. The summed E-state index contributed by atoms with van der Waals surface area (Å²) in [7, 11) is 0. The van der Waals surface area contributed by atoms with E-state index < -0.39 is 0 Å². The second-order valence-corrected chi connectivity index (χ2v) is 6.28. The topological polar surface area (TPSA) is 46.5 Å². The fraction of sp³-hybridized carbons (Fsp3) is 0.200. The van der Waals surface area contributed by atoms with Crippen molar-refractivity contribution in [3.8, 4) is 0 Å². The Morgan fingerprint density at radius 2 is 1.33 bits per heavy atom. The van der Waals surface area contributed by atoms with Crippen molar-refractivity contribution in [3.63, 3.8) is 0 Å².